The topological polar surface area (TPSA) is 220 Å². The third-order valence-electron chi connectivity index (χ3n) is 10.5. The normalized spacial score (nSPS) is 12.7. The molecule has 4 rings (SSSR count). The van der Waals surface area contributed by atoms with Gasteiger partial charge in [-0.25, -0.2) is 4.79 Å². The fourth-order valence-corrected chi connectivity index (χ4v) is 6.77. The molecule has 3 aromatic rings. The van der Waals surface area contributed by atoms with Crippen molar-refractivity contribution < 1.29 is 71.3 Å². The number of carbonyl (C=O) groups is 5. The molecule has 3 N–H and O–H groups in total. The summed E-state index contributed by atoms with van der Waals surface area (Å²) in [6.07, 6.45) is -0.474. The lowest BCUT2D eigenvalue weighted by atomic mass is 9.87. The number of nitrogens with one attached hydrogen (secondary N) is 3. The van der Waals surface area contributed by atoms with E-state index >= 15 is 0 Å². The van der Waals surface area contributed by atoms with Crippen LogP contribution in [0.5, 0.6) is 23.0 Å². The Morgan fingerprint density at radius 3 is 1.69 bits per heavy atom. The largest absolute Gasteiger partial charge is 0.492 e. The minimum atomic E-state index is -0.539. The summed E-state index contributed by atoms with van der Waals surface area (Å²) in [4.78, 5) is 66.5. The Bertz CT molecular complexity index is 2120. The SMILES string of the molecule is COc1c(OCCOCCOCCOCCOCCOCCNC(=O)OC(C)(C)C)cccc1C(=O)N1CCN(C(=O)COc2cccc(OCCNC(=O)CNC(=O)c3ccc(C(C)(C)C)cc3)c2)CC1. The number of hydrogen-bond donors (Lipinski definition) is 3. The molecule has 20 heteroatoms. The van der Waals surface area contributed by atoms with Gasteiger partial charge < -0.3 is 73.1 Å². The van der Waals surface area contributed by atoms with Gasteiger partial charge in [0.05, 0.1) is 91.8 Å². The molecule has 72 heavy (non-hydrogen) atoms. The third-order valence-corrected chi connectivity index (χ3v) is 10.5. The molecule has 5 amide bonds. The summed E-state index contributed by atoms with van der Waals surface area (Å²) < 4.78 is 55.8. The second kappa shape index (κ2) is 31.3. The van der Waals surface area contributed by atoms with Crippen molar-refractivity contribution in [3.63, 3.8) is 0 Å². The molecule has 0 atom stereocenters. The lowest BCUT2D eigenvalue weighted by molar-refractivity contribution is -0.134. The fourth-order valence-electron chi connectivity index (χ4n) is 6.77. The van der Waals surface area contributed by atoms with E-state index in [1.165, 1.54) is 7.11 Å². The molecule has 0 saturated carbocycles. The summed E-state index contributed by atoms with van der Waals surface area (Å²) >= 11 is 0. The zero-order valence-corrected chi connectivity index (χ0v) is 43.0. The number of benzene rings is 3. The highest BCUT2D eigenvalue weighted by Crippen LogP contribution is 2.32. The van der Waals surface area contributed by atoms with Crippen LogP contribution in [0.25, 0.3) is 0 Å². The third kappa shape index (κ3) is 22.5. The van der Waals surface area contributed by atoms with Crippen LogP contribution >= 0.6 is 0 Å². The lowest BCUT2D eigenvalue weighted by Gasteiger charge is -2.35. The highest BCUT2D eigenvalue weighted by atomic mass is 16.6. The van der Waals surface area contributed by atoms with Gasteiger partial charge in [-0.1, -0.05) is 45.0 Å². The minimum Gasteiger partial charge on any atom is -0.492 e. The Morgan fingerprint density at radius 2 is 1.11 bits per heavy atom. The van der Waals surface area contributed by atoms with Crippen LogP contribution in [0, 0.1) is 0 Å². The maximum atomic E-state index is 13.6. The van der Waals surface area contributed by atoms with Crippen molar-refractivity contribution in [1.82, 2.24) is 25.8 Å². The van der Waals surface area contributed by atoms with Crippen molar-refractivity contribution in [3.05, 3.63) is 83.4 Å². The van der Waals surface area contributed by atoms with E-state index in [2.05, 4.69) is 36.7 Å². The van der Waals surface area contributed by atoms with Gasteiger partial charge in [0.15, 0.2) is 18.1 Å². The molecule has 1 aliphatic heterocycles. The molecule has 1 aliphatic rings. The standard InChI is InChI=1S/C52H75N5O15/c1-51(2,3)40-16-14-39(15-17-40)48(60)55-37-45(58)53-19-25-69-41-10-8-11-42(36-41)71-38-46(59)56-20-22-57(23-21-56)49(61)43-12-9-13-44(47(43)63-7)70-35-34-68-33-32-67-31-30-66-29-28-65-27-26-64-24-18-54-50(62)72-52(4,5)6/h8-17,36H,18-35,37-38H2,1-7H3,(H,53,58)(H,54,62)(H,55,60). The molecular weight excluding hydrogens is 935 g/mol. The number of nitrogens with zero attached hydrogens (tertiary/aromatic N) is 2. The van der Waals surface area contributed by atoms with Crippen LogP contribution in [-0.4, -0.2) is 184 Å². The van der Waals surface area contributed by atoms with E-state index in [9.17, 15) is 24.0 Å². The summed E-state index contributed by atoms with van der Waals surface area (Å²) in [6, 6.07) is 19.3. The number of alkyl carbamates (subject to hydrolysis) is 1. The first-order valence-corrected chi connectivity index (χ1v) is 24.3. The van der Waals surface area contributed by atoms with Crippen molar-refractivity contribution in [2.45, 2.75) is 52.6 Å². The first kappa shape index (κ1) is 58.4. The van der Waals surface area contributed by atoms with E-state index < -0.39 is 11.7 Å². The van der Waals surface area contributed by atoms with Crippen LogP contribution < -0.4 is 34.9 Å². The van der Waals surface area contributed by atoms with E-state index in [1.807, 2.05) is 12.1 Å². The van der Waals surface area contributed by atoms with E-state index in [1.54, 1.807) is 85.2 Å². The number of amides is 5. The molecule has 0 spiro atoms. The molecule has 1 heterocycles. The van der Waals surface area contributed by atoms with Gasteiger partial charge in [-0.15, -0.1) is 0 Å². The smallest absolute Gasteiger partial charge is 0.407 e. The molecule has 0 bridgehead atoms. The molecule has 0 aromatic heterocycles. The van der Waals surface area contributed by atoms with E-state index in [4.69, 9.17) is 47.4 Å². The van der Waals surface area contributed by atoms with E-state index in [-0.39, 0.29) is 62.0 Å². The Kier molecular flexibility index (Phi) is 25.4. The molecular formula is C52H75N5O15. The van der Waals surface area contributed by atoms with Crippen molar-refractivity contribution in [2.24, 2.45) is 0 Å². The van der Waals surface area contributed by atoms with Crippen molar-refractivity contribution in [1.29, 1.82) is 0 Å². The predicted molar refractivity (Wildman–Crippen MR) is 267 cm³/mol. The summed E-state index contributed by atoms with van der Waals surface area (Å²) in [5.41, 5.74) is 1.37. The van der Waals surface area contributed by atoms with Crippen LogP contribution in [0.4, 0.5) is 4.79 Å². The van der Waals surface area contributed by atoms with Crippen LogP contribution in [-0.2, 0) is 43.4 Å². The zero-order chi connectivity index (χ0) is 52.2. The lowest BCUT2D eigenvalue weighted by Crippen LogP contribution is -2.51. The maximum absolute atomic E-state index is 13.6. The monoisotopic (exact) mass is 1010 g/mol. The first-order chi connectivity index (χ1) is 34.5. The van der Waals surface area contributed by atoms with Crippen LogP contribution in [0.3, 0.4) is 0 Å². The second-order valence-electron chi connectivity index (χ2n) is 18.3. The molecule has 0 unspecified atom stereocenters. The second-order valence-corrected chi connectivity index (χ2v) is 18.3. The number of hydrogen-bond acceptors (Lipinski definition) is 15. The Morgan fingerprint density at radius 1 is 0.569 bits per heavy atom. The molecule has 0 radical (unpaired) electrons. The van der Waals surface area contributed by atoms with E-state index in [0.717, 1.165) is 5.56 Å². The van der Waals surface area contributed by atoms with Gasteiger partial charge in [-0.3, -0.25) is 19.2 Å². The number of ether oxygens (including phenoxy) is 10. The average Bonchev–Trinajstić information content (AvgIpc) is 3.35. The highest BCUT2D eigenvalue weighted by molar-refractivity contribution is 5.98. The first-order valence-electron chi connectivity index (χ1n) is 24.3. The van der Waals surface area contributed by atoms with Crippen molar-refractivity contribution in [3.8, 4) is 23.0 Å². The van der Waals surface area contributed by atoms with E-state index in [0.29, 0.717) is 133 Å². The van der Waals surface area contributed by atoms with Crippen LogP contribution in [0.1, 0.15) is 67.8 Å². The summed E-state index contributed by atoms with van der Waals surface area (Å²) in [6.45, 7) is 17.5. The molecule has 1 saturated heterocycles. The number of carbonyl (C=O) groups excluding carboxylic acids is 5. The molecule has 3 aromatic carbocycles. The minimum absolute atomic E-state index is 0.0277. The molecule has 0 aliphatic carbocycles. The molecule has 20 nitrogen and oxygen atoms in total. The summed E-state index contributed by atoms with van der Waals surface area (Å²) in [5, 5.41) is 7.98. The number of rotatable bonds is 31. The van der Waals surface area contributed by atoms with Gasteiger partial charge in [0.2, 0.25) is 5.91 Å². The maximum Gasteiger partial charge on any atom is 0.407 e. The van der Waals surface area contributed by atoms with Gasteiger partial charge in [-0.05, 0) is 68.1 Å². The summed E-state index contributed by atoms with van der Waals surface area (Å²) in [7, 11) is 1.48. The fraction of sp³-hybridized carbons (Fsp3) is 0.558. The average molecular weight is 1010 g/mol. The Labute approximate surface area is 423 Å². The highest BCUT2D eigenvalue weighted by Gasteiger charge is 2.28. The van der Waals surface area contributed by atoms with Crippen LogP contribution in [0.15, 0.2) is 66.7 Å². The number of methoxy groups -OCH3 is 1. The van der Waals surface area contributed by atoms with Gasteiger partial charge in [-0.2, -0.15) is 0 Å². The Balaban J connectivity index is 1.02. The quantitative estimate of drug-likeness (QED) is 0.0767. The van der Waals surface area contributed by atoms with Gasteiger partial charge >= 0.3 is 6.09 Å². The molecule has 398 valence electrons. The Hall–Kier alpha value is -6.19. The van der Waals surface area contributed by atoms with Crippen molar-refractivity contribution in [2.75, 3.05) is 139 Å². The molecule has 1 fully saturated rings. The predicted octanol–water partition coefficient (Wildman–Crippen LogP) is 4.27. The van der Waals surface area contributed by atoms with Crippen LogP contribution in [0.2, 0.25) is 0 Å². The van der Waals surface area contributed by atoms with Gasteiger partial charge in [0.1, 0.15) is 30.3 Å². The van der Waals surface area contributed by atoms with Gasteiger partial charge in [0.25, 0.3) is 17.7 Å². The zero-order valence-electron chi connectivity index (χ0n) is 43.0. The summed E-state index contributed by atoms with van der Waals surface area (Å²) in [5.74, 6) is 0.524. The number of para-hydroxylation sites is 1. The van der Waals surface area contributed by atoms with Crippen molar-refractivity contribution >= 4 is 29.7 Å². The van der Waals surface area contributed by atoms with Gasteiger partial charge in [0, 0.05) is 44.4 Å². The number of piperazine rings is 1.